The Kier molecular flexibility index (Phi) is 3.93. The number of rotatable bonds is 2. The van der Waals surface area contributed by atoms with E-state index in [1.54, 1.807) is 0 Å². The van der Waals surface area contributed by atoms with Crippen molar-refractivity contribution in [3.63, 3.8) is 0 Å². The van der Waals surface area contributed by atoms with Crippen molar-refractivity contribution in [3.8, 4) is 0 Å². The maximum absolute atomic E-state index is 12.0. The molecule has 0 radical (unpaired) electrons. The first-order chi connectivity index (χ1) is 10.0. The molecule has 4 nitrogen and oxygen atoms in total. The number of urea groups is 1. The summed E-state index contributed by atoms with van der Waals surface area (Å²) in [5.74, 6) is 0. The van der Waals surface area contributed by atoms with Crippen molar-refractivity contribution in [2.45, 2.75) is 45.2 Å². The maximum atomic E-state index is 12.0. The first-order valence-electron chi connectivity index (χ1n) is 7.41. The Labute approximate surface area is 132 Å². The zero-order chi connectivity index (χ0) is 15.0. The normalized spacial score (nSPS) is 17.8. The standard InChI is InChI=1S/C16H20BrN3O/c1-9(2)18-16(21)20-14-5-3-4-11-12-8-10(17)6-7-13(12)19-15(11)14/h6-9,14,19H,3-5H2,1-2H3,(H2,18,20,21). The fourth-order valence-corrected chi connectivity index (χ4v) is 3.40. The number of hydrogen-bond acceptors (Lipinski definition) is 1. The second-order valence-electron chi connectivity index (χ2n) is 5.92. The smallest absolute Gasteiger partial charge is 0.315 e. The molecule has 1 aliphatic rings. The van der Waals surface area contributed by atoms with Gasteiger partial charge < -0.3 is 15.6 Å². The predicted molar refractivity (Wildman–Crippen MR) is 88.5 cm³/mol. The summed E-state index contributed by atoms with van der Waals surface area (Å²) in [6, 6.07) is 6.40. The highest BCUT2D eigenvalue weighted by atomic mass is 79.9. The number of hydrogen-bond donors (Lipinski definition) is 3. The van der Waals surface area contributed by atoms with Crippen LogP contribution in [0.4, 0.5) is 4.79 Å². The lowest BCUT2D eigenvalue weighted by Gasteiger charge is -2.24. The summed E-state index contributed by atoms with van der Waals surface area (Å²) in [6.07, 6.45) is 3.14. The quantitative estimate of drug-likeness (QED) is 0.753. The number of aromatic nitrogens is 1. The summed E-state index contributed by atoms with van der Waals surface area (Å²) in [5.41, 5.74) is 3.64. The van der Waals surface area contributed by atoms with Gasteiger partial charge >= 0.3 is 6.03 Å². The molecular formula is C16H20BrN3O. The van der Waals surface area contributed by atoms with E-state index in [0.29, 0.717) is 0 Å². The first kappa shape index (κ1) is 14.4. The van der Waals surface area contributed by atoms with Crippen LogP contribution in [-0.4, -0.2) is 17.1 Å². The molecule has 1 aliphatic carbocycles. The minimum absolute atomic E-state index is 0.0682. The molecule has 5 heteroatoms. The van der Waals surface area contributed by atoms with Crippen molar-refractivity contribution < 1.29 is 4.79 Å². The van der Waals surface area contributed by atoms with Crippen molar-refractivity contribution in [2.24, 2.45) is 0 Å². The molecule has 2 aromatic rings. The number of fused-ring (bicyclic) bond motifs is 3. The number of H-pyrrole nitrogens is 1. The van der Waals surface area contributed by atoms with Crippen molar-refractivity contribution in [3.05, 3.63) is 33.9 Å². The summed E-state index contributed by atoms with van der Waals surface area (Å²) in [6.45, 7) is 3.93. The number of carbonyl (C=O) groups is 1. The Balaban J connectivity index is 1.91. The fraction of sp³-hybridized carbons (Fsp3) is 0.438. The van der Waals surface area contributed by atoms with E-state index < -0.39 is 0 Å². The molecule has 0 spiro atoms. The Hall–Kier alpha value is -1.49. The molecule has 1 aromatic heterocycles. The molecular weight excluding hydrogens is 330 g/mol. The van der Waals surface area contributed by atoms with Crippen LogP contribution in [0.1, 0.15) is 44.0 Å². The lowest BCUT2D eigenvalue weighted by atomic mass is 9.92. The highest BCUT2D eigenvalue weighted by molar-refractivity contribution is 9.10. The minimum Gasteiger partial charge on any atom is -0.356 e. The van der Waals surface area contributed by atoms with E-state index in [1.807, 2.05) is 19.9 Å². The van der Waals surface area contributed by atoms with Crippen molar-refractivity contribution >= 4 is 32.9 Å². The Morgan fingerprint density at radius 2 is 2.24 bits per heavy atom. The van der Waals surface area contributed by atoms with E-state index in [9.17, 15) is 4.79 Å². The van der Waals surface area contributed by atoms with E-state index in [4.69, 9.17) is 0 Å². The summed E-state index contributed by atoms with van der Waals surface area (Å²) in [4.78, 5) is 15.4. The molecule has 3 N–H and O–H groups in total. The average Bonchev–Trinajstić information content (AvgIpc) is 2.77. The van der Waals surface area contributed by atoms with Crippen LogP contribution in [0.15, 0.2) is 22.7 Å². The van der Waals surface area contributed by atoms with Crippen LogP contribution in [-0.2, 0) is 6.42 Å². The number of amides is 2. The second kappa shape index (κ2) is 5.72. The van der Waals surface area contributed by atoms with E-state index in [0.717, 1.165) is 34.9 Å². The van der Waals surface area contributed by atoms with Crippen LogP contribution in [0.25, 0.3) is 10.9 Å². The van der Waals surface area contributed by atoms with Gasteiger partial charge in [-0.3, -0.25) is 0 Å². The molecule has 0 aliphatic heterocycles. The topological polar surface area (TPSA) is 56.9 Å². The van der Waals surface area contributed by atoms with Crippen LogP contribution in [0, 0.1) is 0 Å². The van der Waals surface area contributed by atoms with Crippen molar-refractivity contribution in [1.29, 1.82) is 0 Å². The van der Waals surface area contributed by atoms with Gasteiger partial charge in [-0.05, 0) is 56.9 Å². The molecule has 2 amide bonds. The number of aryl methyl sites for hydroxylation is 1. The molecule has 0 saturated carbocycles. The van der Waals surface area contributed by atoms with Gasteiger partial charge in [-0.15, -0.1) is 0 Å². The summed E-state index contributed by atoms with van der Waals surface area (Å²) in [7, 11) is 0. The Morgan fingerprint density at radius 1 is 1.43 bits per heavy atom. The fourth-order valence-electron chi connectivity index (χ4n) is 3.04. The van der Waals surface area contributed by atoms with Gasteiger partial charge in [0.05, 0.1) is 6.04 Å². The van der Waals surface area contributed by atoms with Crippen LogP contribution in [0.3, 0.4) is 0 Å². The molecule has 1 aromatic carbocycles. The molecule has 1 heterocycles. The van der Waals surface area contributed by atoms with Gasteiger partial charge in [-0.25, -0.2) is 4.79 Å². The molecule has 112 valence electrons. The van der Waals surface area contributed by atoms with Gasteiger partial charge in [0.25, 0.3) is 0 Å². The van der Waals surface area contributed by atoms with Gasteiger partial charge in [-0.2, -0.15) is 0 Å². The number of halogens is 1. The minimum atomic E-state index is -0.0947. The Morgan fingerprint density at radius 3 is 3.00 bits per heavy atom. The lowest BCUT2D eigenvalue weighted by molar-refractivity contribution is 0.233. The monoisotopic (exact) mass is 349 g/mol. The van der Waals surface area contributed by atoms with Crippen molar-refractivity contribution in [1.82, 2.24) is 15.6 Å². The Bertz CT molecular complexity index is 677. The third kappa shape index (κ3) is 2.93. The van der Waals surface area contributed by atoms with Gasteiger partial charge in [0, 0.05) is 27.1 Å². The van der Waals surface area contributed by atoms with Gasteiger partial charge in [-0.1, -0.05) is 15.9 Å². The predicted octanol–water partition coefficient (Wildman–Crippen LogP) is 4.02. The molecule has 1 unspecified atom stereocenters. The molecule has 21 heavy (non-hydrogen) atoms. The SMILES string of the molecule is CC(C)NC(=O)NC1CCCc2c1[nH]c1ccc(Br)cc21. The highest BCUT2D eigenvalue weighted by Gasteiger charge is 2.25. The molecule has 0 bridgehead atoms. The summed E-state index contributed by atoms with van der Waals surface area (Å²) < 4.78 is 1.09. The van der Waals surface area contributed by atoms with Crippen LogP contribution >= 0.6 is 15.9 Å². The summed E-state index contributed by atoms with van der Waals surface area (Å²) >= 11 is 3.53. The number of aromatic amines is 1. The van der Waals surface area contributed by atoms with Gasteiger partial charge in [0.2, 0.25) is 0 Å². The van der Waals surface area contributed by atoms with E-state index in [1.165, 1.54) is 10.9 Å². The van der Waals surface area contributed by atoms with Crippen LogP contribution < -0.4 is 10.6 Å². The first-order valence-corrected chi connectivity index (χ1v) is 8.21. The van der Waals surface area contributed by atoms with Crippen molar-refractivity contribution in [2.75, 3.05) is 0 Å². The zero-order valence-electron chi connectivity index (χ0n) is 12.3. The largest absolute Gasteiger partial charge is 0.356 e. The number of carbonyl (C=O) groups excluding carboxylic acids is 1. The van der Waals surface area contributed by atoms with Crippen LogP contribution in [0.2, 0.25) is 0 Å². The summed E-state index contributed by atoms with van der Waals surface area (Å²) in [5, 5.41) is 7.24. The van der Waals surface area contributed by atoms with E-state index >= 15 is 0 Å². The number of benzene rings is 1. The van der Waals surface area contributed by atoms with E-state index in [-0.39, 0.29) is 18.1 Å². The molecule has 0 saturated heterocycles. The van der Waals surface area contributed by atoms with Gasteiger partial charge in [0.1, 0.15) is 0 Å². The molecule has 3 rings (SSSR count). The average molecular weight is 350 g/mol. The van der Waals surface area contributed by atoms with Gasteiger partial charge in [0.15, 0.2) is 0 Å². The third-order valence-corrected chi connectivity index (χ3v) is 4.39. The highest BCUT2D eigenvalue weighted by Crippen LogP contribution is 2.35. The molecule has 0 fully saturated rings. The van der Waals surface area contributed by atoms with E-state index in [2.05, 4.69) is 43.7 Å². The number of nitrogens with one attached hydrogen (secondary N) is 3. The molecule has 1 atom stereocenters. The lowest BCUT2D eigenvalue weighted by Crippen LogP contribution is -2.42. The third-order valence-electron chi connectivity index (χ3n) is 3.89. The zero-order valence-corrected chi connectivity index (χ0v) is 13.9. The van der Waals surface area contributed by atoms with Crippen LogP contribution in [0.5, 0.6) is 0 Å². The second-order valence-corrected chi connectivity index (χ2v) is 6.84. The maximum Gasteiger partial charge on any atom is 0.315 e.